The smallest absolute Gasteiger partial charge is 0.194 e. The van der Waals surface area contributed by atoms with Gasteiger partial charge in [0.1, 0.15) is 0 Å². The molecule has 2 aromatic rings. The van der Waals surface area contributed by atoms with Crippen LogP contribution >= 0.6 is 34.2 Å². The lowest BCUT2D eigenvalue weighted by atomic mass is 9.95. The van der Waals surface area contributed by atoms with Gasteiger partial charge in [-0.05, 0) is 52.8 Å². The normalized spacial score (nSPS) is 17.9. The van der Waals surface area contributed by atoms with Crippen molar-refractivity contribution >= 4 is 40.0 Å². The quantitative estimate of drug-likeness (QED) is 0.540. The lowest BCUT2D eigenvalue weighted by Crippen LogP contribution is -2.04. The van der Waals surface area contributed by atoms with Crippen molar-refractivity contribution in [1.29, 1.82) is 0 Å². The molecular weight excluding hydrogens is 399 g/mol. The molecule has 1 aliphatic rings. The Morgan fingerprint density at radius 2 is 1.95 bits per heavy atom. The van der Waals surface area contributed by atoms with Crippen LogP contribution in [0.4, 0.5) is 0 Å². The predicted molar refractivity (Wildman–Crippen MR) is 92.2 cm³/mol. The molecule has 1 atom stereocenters. The van der Waals surface area contributed by atoms with Crippen LogP contribution in [0.2, 0.25) is 5.02 Å². The Morgan fingerprint density at radius 3 is 2.62 bits per heavy atom. The minimum atomic E-state index is -0.0345. The fraction of sp³-hybridized carbons (Fsp3) is 0.235. The Kier molecular flexibility index (Phi) is 4.62. The van der Waals surface area contributed by atoms with Crippen LogP contribution in [0, 0.1) is 3.57 Å². The van der Waals surface area contributed by atoms with E-state index in [1.54, 1.807) is 6.07 Å². The van der Waals surface area contributed by atoms with Gasteiger partial charge in [-0.15, -0.1) is 0 Å². The van der Waals surface area contributed by atoms with Crippen LogP contribution in [0.3, 0.4) is 0 Å². The molecule has 4 heteroatoms. The molecule has 108 valence electrons. The first kappa shape index (κ1) is 15.0. The zero-order valence-corrected chi connectivity index (χ0v) is 14.2. The maximum Gasteiger partial charge on any atom is 0.194 e. The van der Waals surface area contributed by atoms with E-state index in [1.165, 1.54) is 5.56 Å². The first-order chi connectivity index (χ1) is 10.1. The maximum atomic E-state index is 12.5. The number of hydrogen-bond acceptors (Lipinski definition) is 2. The number of benzene rings is 2. The first-order valence-corrected chi connectivity index (χ1v) is 8.28. The van der Waals surface area contributed by atoms with Gasteiger partial charge in [0, 0.05) is 27.2 Å². The number of halogens is 2. The first-order valence-electron chi connectivity index (χ1n) is 6.82. The van der Waals surface area contributed by atoms with Crippen LogP contribution in [-0.2, 0) is 4.74 Å². The third-order valence-corrected chi connectivity index (χ3v) is 4.75. The molecule has 0 saturated carbocycles. The van der Waals surface area contributed by atoms with Gasteiger partial charge in [-0.3, -0.25) is 4.79 Å². The molecule has 0 aromatic heterocycles. The molecule has 2 aromatic carbocycles. The second-order valence-electron chi connectivity index (χ2n) is 5.14. The highest BCUT2D eigenvalue weighted by atomic mass is 127. The summed E-state index contributed by atoms with van der Waals surface area (Å²) in [7, 11) is 0. The molecule has 1 fully saturated rings. The zero-order chi connectivity index (χ0) is 14.8. The molecule has 3 rings (SSSR count). The molecule has 1 aliphatic heterocycles. The molecule has 21 heavy (non-hydrogen) atoms. The van der Waals surface area contributed by atoms with E-state index in [9.17, 15) is 4.79 Å². The lowest BCUT2D eigenvalue weighted by molar-refractivity contribution is 0.103. The fourth-order valence-corrected chi connectivity index (χ4v) is 3.23. The summed E-state index contributed by atoms with van der Waals surface area (Å²) >= 11 is 8.32. The standard InChI is InChI=1S/C17H14ClIO2/c18-16-6-5-14(19)9-15(16)17(20)12-3-1-11(2-4-12)13-7-8-21-10-13/h1-6,9,13H,7-8,10H2/t13-/m0/s1. The third-order valence-electron chi connectivity index (χ3n) is 3.75. The van der Waals surface area contributed by atoms with Gasteiger partial charge in [0.25, 0.3) is 0 Å². The summed E-state index contributed by atoms with van der Waals surface area (Å²) in [5.41, 5.74) is 2.46. The van der Waals surface area contributed by atoms with Crippen molar-refractivity contribution in [1.82, 2.24) is 0 Å². The van der Waals surface area contributed by atoms with E-state index < -0.39 is 0 Å². The molecule has 0 amide bonds. The highest BCUT2D eigenvalue weighted by Crippen LogP contribution is 2.27. The highest BCUT2D eigenvalue weighted by molar-refractivity contribution is 14.1. The van der Waals surface area contributed by atoms with Crippen LogP contribution in [0.15, 0.2) is 42.5 Å². The largest absolute Gasteiger partial charge is 0.381 e. The van der Waals surface area contributed by atoms with Crippen molar-refractivity contribution < 1.29 is 9.53 Å². The van der Waals surface area contributed by atoms with Gasteiger partial charge in [-0.2, -0.15) is 0 Å². The number of carbonyl (C=O) groups excluding carboxylic acids is 1. The van der Waals surface area contributed by atoms with Crippen LogP contribution in [0.1, 0.15) is 33.8 Å². The molecule has 0 radical (unpaired) electrons. The van der Waals surface area contributed by atoms with Gasteiger partial charge in [0.15, 0.2) is 5.78 Å². The van der Waals surface area contributed by atoms with Gasteiger partial charge >= 0.3 is 0 Å². The summed E-state index contributed by atoms with van der Waals surface area (Å²) in [5, 5.41) is 0.494. The average molecular weight is 413 g/mol. The van der Waals surface area contributed by atoms with Crippen molar-refractivity contribution in [2.45, 2.75) is 12.3 Å². The summed E-state index contributed by atoms with van der Waals surface area (Å²) in [6.45, 7) is 1.60. The topological polar surface area (TPSA) is 26.3 Å². The fourth-order valence-electron chi connectivity index (χ4n) is 2.53. The van der Waals surface area contributed by atoms with E-state index in [-0.39, 0.29) is 5.78 Å². The molecular formula is C17H14ClIO2. The van der Waals surface area contributed by atoms with Gasteiger partial charge in [0.05, 0.1) is 11.6 Å². The van der Waals surface area contributed by atoms with Crippen molar-refractivity contribution in [3.05, 3.63) is 67.7 Å². The molecule has 1 heterocycles. The summed E-state index contributed by atoms with van der Waals surface area (Å²) in [6, 6.07) is 13.3. The summed E-state index contributed by atoms with van der Waals surface area (Å²) in [6.07, 6.45) is 1.05. The van der Waals surface area contributed by atoms with E-state index in [4.69, 9.17) is 16.3 Å². The zero-order valence-electron chi connectivity index (χ0n) is 11.3. The van der Waals surface area contributed by atoms with E-state index in [2.05, 4.69) is 22.6 Å². The van der Waals surface area contributed by atoms with E-state index in [0.717, 1.165) is 23.2 Å². The maximum absolute atomic E-state index is 12.5. The van der Waals surface area contributed by atoms with Crippen molar-refractivity contribution in [3.63, 3.8) is 0 Å². The minimum Gasteiger partial charge on any atom is -0.381 e. The minimum absolute atomic E-state index is 0.0345. The molecule has 0 N–H and O–H groups in total. The number of carbonyl (C=O) groups is 1. The average Bonchev–Trinajstić information content (AvgIpc) is 3.03. The molecule has 0 spiro atoms. The molecule has 0 aliphatic carbocycles. The number of hydrogen-bond donors (Lipinski definition) is 0. The molecule has 0 bridgehead atoms. The lowest BCUT2D eigenvalue weighted by Gasteiger charge is -2.09. The summed E-state index contributed by atoms with van der Waals surface area (Å²) in [4.78, 5) is 12.5. The third kappa shape index (κ3) is 3.30. The second-order valence-corrected chi connectivity index (χ2v) is 6.79. The monoisotopic (exact) mass is 412 g/mol. The number of ketones is 1. The van der Waals surface area contributed by atoms with E-state index in [0.29, 0.717) is 22.1 Å². The van der Waals surface area contributed by atoms with Gasteiger partial charge < -0.3 is 4.74 Å². The Bertz CT molecular complexity index is 661. The summed E-state index contributed by atoms with van der Waals surface area (Å²) < 4.78 is 6.40. The van der Waals surface area contributed by atoms with Crippen LogP contribution in [0.25, 0.3) is 0 Å². The van der Waals surface area contributed by atoms with Crippen molar-refractivity contribution in [3.8, 4) is 0 Å². The van der Waals surface area contributed by atoms with Gasteiger partial charge in [0.2, 0.25) is 0 Å². The predicted octanol–water partition coefficient (Wildman–Crippen LogP) is 4.68. The van der Waals surface area contributed by atoms with Crippen LogP contribution < -0.4 is 0 Å². The number of ether oxygens (including phenoxy) is 1. The Balaban J connectivity index is 1.86. The van der Waals surface area contributed by atoms with Crippen LogP contribution in [0.5, 0.6) is 0 Å². The Labute approximate surface area is 142 Å². The van der Waals surface area contributed by atoms with Crippen molar-refractivity contribution in [2.75, 3.05) is 13.2 Å². The van der Waals surface area contributed by atoms with Gasteiger partial charge in [-0.1, -0.05) is 35.9 Å². The van der Waals surface area contributed by atoms with Gasteiger partial charge in [-0.25, -0.2) is 0 Å². The summed E-state index contributed by atoms with van der Waals surface area (Å²) in [5.74, 6) is 0.420. The van der Waals surface area contributed by atoms with Crippen molar-refractivity contribution in [2.24, 2.45) is 0 Å². The van der Waals surface area contributed by atoms with E-state index >= 15 is 0 Å². The Hall–Kier alpha value is -0.910. The SMILES string of the molecule is O=C(c1ccc([C@H]2CCOC2)cc1)c1cc(I)ccc1Cl. The van der Waals surface area contributed by atoms with E-state index in [1.807, 2.05) is 36.4 Å². The Morgan fingerprint density at radius 1 is 1.19 bits per heavy atom. The molecule has 0 unspecified atom stereocenters. The second kappa shape index (κ2) is 6.46. The molecule has 2 nitrogen and oxygen atoms in total. The molecule has 1 saturated heterocycles. The highest BCUT2D eigenvalue weighted by Gasteiger charge is 2.19. The van der Waals surface area contributed by atoms with Crippen LogP contribution in [-0.4, -0.2) is 19.0 Å². The number of rotatable bonds is 3.